The monoisotopic (exact) mass is 275 g/mol. The van der Waals surface area contributed by atoms with Crippen molar-refractivity contribution in [2.24, 2.45) is 0 Å². The van der Waals surface area contributed by atoms with Gasteiger partial charge in [-0.3, -0.25) is 4.90 Å². The number of hydrogen-bond donors (Lipinski definition) is 2. The topological polar surface area (TPSA) is 72.9 Å². The summed E-state index contributed by atoms with van der Waals surface area (Å²) in [4.78, 5) is 26.6. The van der Waals surface area contributed by atoms with Crippen LogP contribution in [0, 0.1) is 0 Å². The molecule has 2 atom stereocenters. The number of thioether (sulfide) groups is 1. The molecule has 1 aliphatic rings. The maximum absolute atomic E-state index is 12.0. The maximum atomic E-state index is 12.0. The predicted octanol–water partition coefficient (Wildman–Crippen LogP) is 0.496. The van der Waals surface area contributed by atoms with Crippen molar-refractivity contribution in [1.82, 2.24) is 15.1 Å². The van der Waals surface area contributed by atoms with Crippen LogP contribution in [-0.2, 0) is 4.79 Å². The summed E-state index contributed by atoms with van der Waals surface area (Å²) in [6.45, 7) is 3.22. The molecule has 0 aromatic carbocycles. The summed E-state index contributed by atoms with van der Waals surface area (Å²) in [5.41, 5.74) is 0. The Morgan fingerprint density at radius 3 is 2.67 bits per heavy atom. The van der Waals surface area contributed by atoms with Crippen LogP contribution in [0.1, 0.15) is 13.3 Å². The number of carboxylic acid groups (broad SMARTS) is 1. The Labute approximate surface area is 112 Å². The third-order valence-corrected chi connectivity index (χ3v) is 4.25. The molecular weight excluding hydrogens is 254 g/mol. The summed E-state index contributed by atoms with van der Waals surface area (Å²) in [7, 11) is 3.85. The molecular formula is C11H21N3O3S. The molecule has 2 N–H and O–H groups in total. The normalized spacial score (nSPS) is 23.4. The molecule has 0 saturated carbocycles. The molecule has 0 aliphatic carbocycles. The molecule has 0 aromatic rings. The second-order valence-corrected chi connectivity index (χ2v) is 5.70. The number of nitrogens with zero attached hydrogens (tertiary/aromatic N) is 2. The van der Waals surface area contributed by atoms with Crippen LogP contribution in [-0.4, -0.2) is 71.3 Å². The highest BCUT2D eigenvalue weighted by Gasteiger charge is 2.40. The van der Waals surface area contributed by atoms with Gasteiger partial charge in [-0.15, -0.1) is 11.8 Å². The Balaban J connectivity index is 2.58. The highest BCUT2D eigenvalue weighted by molar-refractivity contribution is 8.00. The Morgan fingerprint density at radius 2 is 2.17 bits per heavy atom. The van der Waals surface area contributed by atoms with Gasteiger partial charge >= 0.3 is 12.0 Å². The first-order chi connectivity index (χ1) is 8.47. The van der Waals surface area contributed by atoms with Crippen LogP contribution in [0.2, 0.25) is 0 Å². The number of nitrogens with one attached hydrogen (secondary N) is 1. The van der Waals surface area contributed by atoms with E-state index in [-0.39, 0.29) is 11.4 Å². The lowest BCUT2D eigenvalue weighted by Crippen LogP contribution is -2.50. The van der Waals surface area contributed by atoms with Crippen LogP contribution in [0.15, 0.2) is 0 Å². The van der Waals surface area contributed by atoms with Gasteiger partial charge in [0.2, 0.25) is 0 Å². The molecule has 1 aliphatic heterocycles. The zero-order valence-corrected chi connectivity index (χ0v) is 11.9. The van der Waals surface area contributed by atoms with Crippen molar-refractivity contribution in [1.29, 1.82) is 0 Å². The number of carbonyl (C=O) groups is 2. The number of carbonyl (C=O) groups excluding carboxylic acids is 1. The van der Waals surface area contributed by atoms with E-state index in [0.29, 0.717) is 12.3 Å². The third-order valence-electron chi connectivity index (χ3n) is 2.80. The molecule has 1 rings (SSSR count). The standard InChI is InChI=1S/C11H21N3O3S/c1-4-9-14(8(7-18-9)10(15)16)11(17)12-5-6-13(2)3/h8-9H,4-7H2,1-3H3,(H,12,17)(H,15,16). The molecule has 2 amide bonds. The molecule has 2 unspecified atom stereocenters. The van der Waals surface area contributed by atoms with Crippen molar-refractivity contribution >= 4 is 23.8 Å². The molecule has 6 nitrogen and oxygen atoms in total. The third kappa shape index (κ3) is 3.78. The lowest BCUT2D eigenvalue weighted by Gasteiger charge is -2.27. The number of likely N-dealkylation sites (N-methyl/N-ethyl adjacent to an activating group) is 1. The van der Waals surface area contributed by atoms with Crippen LogP contribution in [0.25, 0.3) is 0 Å². The van der Waals surface area contributed by atoms with Crippen molar-refractivity contribution in [3.05, 3.63) is 0 Å². The highest BCUT2D eigenvalue weighted by Crippen LogP contribution is 2.31. The molecule has 18 heavy (non-hydrogen) atoms. The lowest BCUT2D eigenvalue weighted by molar-refractivity contribution is -0.141. The fourth-order valence-electron chi connectivity index (χ4n) is 1.82. The van der Waals surface area contributed by atoms with Crippen molar-refractivity contribution in [2.45, 2.75) is 24.8 Å². The van der Waals surface area contributed by atoms with Crippen LogP contribution >= 0.6 is 11.8 Å². The summed E-state index contributed by atoms with van der Waals surface area (Å²) in [6, 6.07) is -0.986. The molecule has 1 fully saturated rings. The van der Waals surface area contributed by atoms with E-state index in [9.17, 15) is 9.59 Å². The van der Waals surface area contributed by atoms with E-state index in [1.807, 2.05) is 25.9 Å². The van der Waals surface area contributed by atoms with Gasteiger partial charge in [0.05, 0.1) is 5.37 Å². The summed E-state index contributed by atoms with van der Waals surface area (Å²) < 4.78 is 0. The molecule has 7 heteroatoms. The SMILES string of the molecule is CCC1SCC(C(=O)O)N1C(=O)NCCN(C)C. The first-order valence-corrected chi connectivity index (χ1v) is 7.07. The maximum Gasteiger partial charge on any atom is 0.327 e. The number of rotatable bonds is 5. The summed E-state index contributed by atoms with van der Waals surface area (Å²) >= 11 is 1.53. The minimum Gasteiger partial charge on any atom is -0.480 e. The van der Waals surface area contributed by atoms with Gasteiger partial charge in [0, 0.05) is 18.8 Å². The molecule has 0 aromatic heterocycles. The molecule has 0 radical (unpaired) electrons. The average Bonchev–Trinajstić information content (AvgIpc) is 2.71. The largest absolute Gasteiger partial charge is 0.480 e. The van der Waals surface area contributed by atoms with Crippen LogP contribution in [0.5, 0.6) is 0 Å². The van der Waals surface area contributed by atoms with Gasteiger partial charge in [-0.1, -0.05) is 6.92 Å². The number of aliphatic carboxylic acids is 1. The van der Waals surface area contributed by atoms with Gasteiger partial charge in [0.15, 0.2) is 0 Å². The first kappa shape index (κ1) is 15.1. The van der Waals surface area contributed by atoms with Gasteiger partial charge in [-0.05, 0) is 20.5 Å². The minimum atomic E-state index is -0.929. The smallest absolute Gasteiger partial charge is 0.327 e. The highest BCUT2D eigenvalue weighted by atomic mass is 32.2. The Hall–Kier alpha value is -0.950. The van der Waals surface area contributed by atoms with Gasteiger partial charge < -0.3 is 15.3 Å². The second-order valence-electron chi connectivity index (χ2n) is 4.49. The Morgan fingerprint density at radius 1 is 1.50 bits per heavy atom. The van der Waals surface area contributed by atoms with E-state index in [2.05, 4.69) is 5.32 Å². The average molecular weight is 275 g/mol. The van der Waals surface area contributed by atoms with Gasteiger partial charge in [0.25, 0.3) is 0 Å². The molecule has 0 spiro atoms. The van der Waals surface area contributed by atoms with Gasteiger partial charge in [-0.25, -0.2) is 9.59 Å². The van der Waals surface area contributed by atoms with Crippen LogP contribution in [0.3, 0.4) is 0 Å². The fourth-order valence-corrected chi connectivity index (χ4v) is 3.16. The van der Waals surface area contributed by atoms with Crippen molar-refractivity contribution in [3.63, 3.8) is 0 Å². The number of amides is 2. The minimum absolute atomic E-state index is 0.0366. The van der Waals surface area contributed by atoms with E-state index in [1.54, 1.807) is 0 Å². The zero-order valence-electron chi connectivity index (χ0n) is 11.0. The predicted molar refractivity (Wildman–Crippen MR) is 71.8 cm³/mol. The summed E-state index contributed by atoms with van der Waals surface area (Å²) in [5.74, 6) is -0.462. The van der Waals surface area contributed by atoms with Crippen molar-refractivity contribution in [3.8, 4) is 0 Å². The zero-order chi connectivity index (χ0) is 13.7. The number of urea groups is 1. The summed E-state index contributed by atoms with van der Waals surface area (Å²) in [5, 5.41) is 11.9. The second kappa shape index (κ2) is 6.84. The van der Waals surface area contributed by atoms with E-state index in [4.69, 9.17) is 5.11 Å². The van der Waals surface area contributed by atoms with Gasteiger partial charge in [-0.2, -0.15) is 0 Å². The number of carboxylic acids is 1. The van der Waals surface area contributed by atoms with Crippen molar-refractivity contribution < 1.29 is 14.7 Å². The van der Waals surface area contributed by atoms with E-state index in [1.165, 1.54) is 16.7 Å². The van der Waals surface area contributed by atoms with Crippen LogP contribution < -0.4 is 5.32 Å². The first-order valence-electron chi connectivity index (χ1n) is 6.02. The molecule has 104 valence electrons. The lowest BCUT2D eigenvalue weighted by atomic mass is 10.3. The Kier molecular flexibility index (Phi) is 5.74. The number of hydrogen-bond acceptors (Lipinski definition) is 4. The van der Waals surface area contributed by atoms with E-state index >= 15 is 0 Å². The molecule has 1 saturated heterocycles. The molecule has 0 bridgehead atoms. The Bertz CT molecular complexity index is 312. The van der Waals surface area contributed by atoms with Crippen LogP contribution in [0.4, 0.5) is 4.79 Å². The fraction of sp³-hybridized carbons (Fsp3) is 0.818. The van der Waals surface area contributed by atoms with Crippen molar-refractivity contribution in [2.75, 3.05) is 32.9 Å². The summed E-state index contributed by atoms with van der Waals surface area (Å²) in [6.07, 6.45) is 0.759. The molecule has 1 heterocycles. The van der Waals surface area contributed by atoms with E-state index < -0.39 is 12.0 Å². The quantitative estimate of drug-likeness (QED) is 0.764. The van der Waals surface area contributed by atoms with E-state index in [0.717, 1.165) is 13.0 Å². The van der Waals surface area contributed by atoms with Gasteiger partial charge in [0.1, 0.15) is 6.04 Å².